The second-order valence-corrected chi connectivity index (χ2v) is 5.90. The maximum Gasteiger partial charge on any atom is 0.338 e. The lowest BCUT2D eigenvalue weighted by atomic mass is 10.0. The van der Waals surface area contributed by atoms with Crippen molar-refractivity contribution in [3.8, 4) is 0 Å². The van der Waals surface area contributed by atoms with E-state index < -0.39 is 11.9 Å². The van der Waals surface area contributed by atoms with Crippen LogP contribution in [0.2, 0.25) is 0 Å². The Labute approximate surface area is 149 Å². The first-order valence-electron chi connectivity index (χ1n) is 8.25. The molecule has 9 nitrogen and oxygen atoms in total. The normalized spacial score (nSPS) is 15.8. The number of nitrogens with zero attached hydrogens (tertiary/aromatic N) is 3. The zero-order valence-electron chi connectivity index (χ0n) is 14.5. The van der Waals surface area contributed by atoms with Crippen LogP contribution in [0.5, 0.6) is 0 Å². The Bertz CT molecular complexity index is 843. The number of aromatic nitrogens is 3. The summed E-state index contributed by atoms with van der Waals surface area (Å²) in [5.74, 6) is -0.525. The highest BCUT2D eigenvalue weighted by Gasteiger charge is 2.29. The zero-order valence-corrected chi connectivity index (χ0v) is 14.5. The maximum absolute atomic E-state index is 12.2. The predicted molar refractivity (Wildman–Crippen MR) is 92.5 cm³/mol. The fourth-order valence-electron chi connectivity index (χ4n) is 2.68. The minimum atomic E-state index is -0.526. The van der Waals surface area contributed by atoms with Crippen molar-refractivity contribution >= 4 is 29.4 Å². The quantitative estimate of drug-likeness (QED) is 0.781. The van der Waals surface area contributed by atoms with E-state index in [0.717, 1.165) is 0 Å². The molecule has 9 heteroatoms. The number of rotatable bonds is 5. The first kappa shape index (κ1) is 17.6. The minimum Gasteiger partial charge on any atom is -0.462 e. The average molecular weight is 357 g/mol. The Balaban J connectivity index is 1.59. The van der Waals surface area contributed by atoms with Crippen molar-refractivity contribution in [1.82, 2.24) is 14.8 Å². The molecule has 0 saturated carbocycles. The number of hydrogen-bond acceptors (Lipinski definition) is 6. The summed E-state index contributed by atoms with van der Waals surface area (Å²) in [7, 11) is 0. The molecule has 0 radical (unpaired) electrons. The number of anilines is 2. The molecule has 26 heavy (non-hydrogen) atoms. The number of aryl methyl sites for hydroxylation is 1. The predicted octanol–water partition coefficient (Wildman–Crippen LogP) is 1.36. The van der Waals surface area contributed by atoms with Crippen molar-refractivity contribution in [1.29, 1.82) is 0 Å². The lowest BCUT2D eigenvalue weighted by Crippen LogP contribution is -2.36. The van der Waals surface area contributed by atoms with E-state index in [1.807, 2.05) is 0 Å². The number of carbonyl (C=O) groups is 3. The Hall–Kier alpha value is -3.23. The SMILES string of the molecule is CCOC(=O)c1ccc(NC(=O)C[C@H]2Cn3nc(C)nc3NC2=O)cc1. The fraction of sp³-hybridized carbons (Fsp3) is 0.353. The summed E-state index contributed by atoms with van der Waals surface area (Å²) in [4.78, 5) is 40.1. The highest BCUT2D eigenvalue weighted by Crippen LogP contribution is 2.20. The number of esters is 1. The van der Waals surface area contributed by atoms with Crippen molar-refractivity contribution in [2.45, 2.75) is 26.8 Å². The Morgan fingerprint density at radius 1 is 1.35 bits per heavy atom. The van der Waals surface area contributed by atoms with Gasteiger partial charge < -0.3 is 10.1 Å². The van der Waals surface area contributed by atoms with Crippen LogP contribution < -0.4 is 10.6 Å². The molecule has 3 rings (SSSR count). The summed E-state index contributed by atoms with van der Waals surface area (Å²) in [6.07, 6.45) is 0.0177. The molecule has 1 aromatic heterocycles. The van der Waals surface area contributed by atoms with E-state index >= 15 is 0 Å². The molecule has 0 aliphatic carbocycles. The standard InChI is InChI=1S/C17H19N5O4/c1-3-26-16(25)11-4-6-13(7-5-11)19-14(23)8-12-9-22-17(20-15(12)24)18-10(2)21-22/h4-7,12H,3,8-9H2,1-2H3,(H,19,23)(H,18,20,21,24)/t12-/m0/s1. The number of carbonyl (C=O) groups excluding carboxylic acids is 3. The van der Waals surface area contributed by atoms with Crippen LogP contribution in [0, 0.1) is 12.8 Å². The van der Waals surface area contributed by atoms with Crippen LogP contribution in [0.4, 0.5) is 11.6 Å². The molecule has 2 N–H and O–H groups in total. The smallest absolute Gasteiger partial charge is 0.338 e. The average Bonchev–Trinajstić information content (AvgIpc) is 2.95. The maximum atomic E-state index is 12.2. The van der Waals surface area contributed by atoms with E-state index in [2.05, 4.69) is 20.7 Å². The van der Waals surface area contributed by atoms with E-state index in [-0.39, 0.29) is 18.2 Å². The van der Waals surface area contributed by atoms with Gasteiger partial charge in [0.2, 0.25) is 17.8 Å². The number of nitrogens with one attached hydrogen (secondary N) is 2. The summed E-state index contributed by atoms with van der Waals surface area (Å²) < 4.78 is 6.49. The first-order chi connectivity index (χ1) is 12.5. The van der Waals surface area contributed by atoms with E-state index in [0.29, 0.717) is 36.2 Å². The second kappa shape index (κ2) is 7.34. The van der Waals surface area contributed by atoms with Crippen LogP contribution in [-0.4, -0.2) is 39.2 Å². The summed E-state index contributed by atoms with van der Waals surface area (Å²) in [5, 5.41) is 9.56. The van der Waals surface area contributed by atoms with Gasteiger partial charge in [-0.25, -0.2) is 9.48 Å². The van der Waals surface area contributed by atoms with Gasteiger partial charge in [-0.05, 0) is 38.1 Å². The van der Waals surface area contributed by atoms with Gasteiger partial charge in [-0.1, -0.05) is 0 Å². The van der Waals surface area contributed by atoms with Crippen LogP contribution in [0.25, 0.3) is 0 Å². The van der Waals surface area contributed by atoms with Gasteiger partial charge in [0.15, 0.2) is 0 Å². The molecule has 0 bridgehead atoms. The summed E-state index contributed by atoms with van der Waals surface area (Å²) in [6.45, 7) is 4.07. The van der Waals surface area contributed by atoms with E-state index in [1.165, 1.54) is 0 Å². The molecule has 1 atom stereocenters. The van der Waals surface area contributed by atoms with Gasteiger partial charge in [0.05, 0.1) is 24.6 Å². The third-order valence-electron chi connectivity index (χ3n) is 3.89. The van der Waals surface area contributed by atoms with Gasteiger partial charge in [-0.15, -0.1) is 0 Å². The van der Waals surface area contributed by atoms with Gasteiger partial charge in [-0.2, -0.15) is 10.1 Å². The van der Waals surface area contributed by atoms with Gasteiger partial charge in [0.25, 0.3) is 0 Å². The van der Waals surface area contributed by atoms with Crippen molar-refractivity contribution in [3.05, 3.63) is 35.7 Å². The molecular formula is C17H19N5O4. The molecule has 0 saturated heterocycles. The molecule has 2 aromatic rings. The van der Waals surface area contributed by atoms with Crippen LogP contribution in [0.3, 0.4) is 0 Å². The molecule has 2 heterocycles. The highest BCUT2D eigenvalue weighted by atomic mass is 16.5. The largest absolute Gasteiger partial charge is 0.462 e. The van der Waals surface area contributed by atoms with Gasteiger partial charge in [0, 0.05) is 12.1 Å². The van der Waals surface area contributed by atoms with Crippen molar-refractivity contribution in [2.24, 2.45) is 5.92 Å². The van der Waals surface area contributed by atoms with E-state index in [9.17, 15) is 14.4 Å². The van der Waals surface area contributed by atoms with Crippen LogP contribution in [0.1, 0.15) is 29.5 Å². The van der Waals surface area contributed by atoms with Crippen molar-refractivity contribution < 1.29 is 19.1 Å². The van der Waals surface area contributed by atoms with E-state index in [1.54, 1.807) is 42.8 Å². The molecule has 136 valence electrons. The van der Waals surface area contributed by atoms with Crippen molar-refractivity contribution in [3.63, 3.8) is 0 Å². The lowest BCUT2D eigenvalue weighted by molar-refractivity contribution is -0.125. The van der Waals surface area contributed by atoms with Gasteiger partial charge in [0.1, 0.15) is 5.82 Å². The third-order valence-corrected chi connectivity index (χ3v) is 3.89. The fourth-order valence-corrected chi connectivity index (χ4v) is 2.68. The van der Waals surface area contributed by atoms with Crippen molar-refractivity contribution in [2.75, 3.05) is 17.2 Å². The van der Waals surface area contributed by atoms with Crippen LogP contribution in [-0.2, 0) is 20.9 Å². The lowest BCUT2D eigenvalue weighted by Gasteiger charge is -2.21. The zero-order chi connectivity index (χ0) is 18.7. The van der Waals surface area contributed by atoms with Crippen LogP contribution >= 0.6 is 0 Å². The van der Waals surface area contributed by atoms with Gasteiger partial charge >= 0.3 is 5.97 Å². The minimum absolute atomic E-state index is 0.0177. The number of benzene rings is 1. The number of ether oxygens (including phenoxy) is 1. The molecule has 1 aliphatic rings. The Kier molecular flexibility index (Phi) is 4.97. The summed E-state index contributed by atoms with van der Waals surface area (Å²) in [5.41, 5.74) is 0.946. The second-order valence-electron chi connectivity index (χ2n) is 5.90. The molecule has 2 amide bonds. The molecule has 1 aliphatic heterocycles. The molecule has 0 spiro atoms. The monoisotopic (exact) mass is 357 g/mol. The van der Waals surface area contributed by atoms with E-state index in [4.69, 9.17) is 4.74 Å². The molecular weight excluding hydrogens is 338 g/mol. The number of fused-ring (bicyclic) bond motifs is 1. The highest BCUT2D eigenvalue weighted by molar-refractivity contribution is 5.98. The molecule has 0 unspecified atom stereocenters. The van der Waals surface area contributed by atoms with Crippen LogP contribution in [0.15, 0.2) is 24.3 Å². The first-order valence-corrected chi connectivity index (χ1v) is 8.25. The molecule has 1 aromatic carbocycles. The van der Waals surface area contributed by atoms with Gasteiger partial charge in [-0.3, -0.25) is 14.9 Å². The number of hydrogen-bond donors (Lipinski definition) is 2. The number of amides is 2. The molecule has 0 fully saturated rings. The summed E-state index contributed by atoms with van der Waals surface area (Å²) in [6, 6.07) is 6.38. The third kappa shape index (κ3) is 3.88. The Morgan fingerprint density at radius 2 is 2.08 bits per heavy atom. The summed E-state index contributed by atoms with van der Waals surface area (Å²) >= 11 is 0. The Morgan fingerprint density at radius 3 is 2.77 bits per heavy atom. The topological polar surface area (TPSA) is 115 Å².